The van der Waals surface area contributed by atoms with E-state index in [1.165, 1.54) is 11.8 Å². The predicted octanol–water partition coefficient (Wildman–Crippen LogP) is 6.06. The summed E-state index contributed by atoms with van der Waals surface area (Å²) >= 11 is 1.23. The molecular formula is C34H40O7S. The molecular weight excluding hydrogens is 552 g/mol. The average Bonchev–Trinajstić information content (AvgIpc) is 2.93. The summed E-state index contributed by atoms with van der Waals surface area (Å²) in [5, 5.41) is 27.6. The molecule has 1 fully saturated rings. The van der Waals surface area contributed by atoms with Crippen molar-refractivity contribution >= 4 is 23.5 Å². The highest BCUT2D eigenvalue weighted by Gasteiger charge is 2.47. The van der Waals surface area contributed by atoms with Crippen LogP contribution in [0.2, 0.25) is 0 Å². The van der Waals surface area contributed by atoms with Gasteiger partial charge in [0, 0.05) is 11.3 Å². The van der Waals surface area contributed by atoms with Crippen LogP contribution in [0.5, 0.6) is 17.2 Å². The normalized spacial score (nSPS) is 16.7. The molecule has 1 atom stereocenters. The van der Waals surface area contributed by atoms with Crippen LogP contribution in [0, 0.1) is 6.92 Å². The number of phenolic OH excluding ortho intramolecular Hbond substituents is 2. The molecule has 0 saturated carbocycles. The van der Waals surface area contributed by atoms with E-state index in [0.717, 1.165) is 27.1 Å². The predicted molar refractivity (Wildman–Crippen MR) is 163 cm³/mol. The van der Waals surface area contributed by atoms with E-state index < -0.39 is 16.8 Å². The Morgan fingerprint density at radius 3 is 1.95 bits per heavy atom. The third kappa shape index (κ3) is 7.86. The van der Waals surface area contributed by atoms with Gasteiger partial charge in [-0.15, -0.1) is 11.8 Å². The molecule has 0 bridgehead atoms. The van der Waals surface area contributed by atoms with Crippen molar-refractivity contribution in [2.24, 2.45) is 0 Å². The van der Waals surface area contributed by atoms with Crippen LogP contribution in [-0.4, -0.2) is 51.1 Å². The smallest absolute Gasteiger partial charge is 0.327 e. The molecule has 1 unspecified atom stereocenters. The van der Waals surface area contributed by atoms with Crippen LogP contribution < -0.4 is 4.74 Å². The molecule has 0 aliphatic carbocycles. The van der Waals surface area contributed by atoms with Crippen molar-refractivity contribution in [3.05, 3.63) is 82.9 Å². The number of cyclic esters (lactones) is 1. The third-order valence-corrected chi connectivity index (χ3v) is 8.89. The maximum Gasteiger partial charge on any atom is 0.327 e. The molecule has 1 aliphatic heterocycles. The zero-order chi connectivity index (χ0) is 30.5. The summed E-state index contributed by atoms with van der Waals surface area (Å²) < 4.78 is 12.0. The molecule has 4 rings (SSSR count). The van der Waals surface area contributed by atoms with Crippen molar-refractivity contribution < 1.29 is 34.4 Å². The first-order chi connectivity index (χ1) is 19.9. The minimum Gasteiger partial charge on any atom is -0.508 e. The number of benzene rings is 3. The van der Waals surface area contributed by atoms with Crippen molar-refractivity contribution in [2.45, 2.75) is 81.0 Å². The number of rotatable bonds is 11. The van der Waals surface area contributed by atoms with E-state index in [1.54, 1.807) is 24.3 Å². The molecule has 42 heavy (non-hydrogen) atoms. The maximum atomic E-state index is 13.8. The van der Waals surface area contributed by atoms with E-state index in [9.17, 15) is 24.9 Å². The second-order valence-corrected chi connectivity index (χ2v) is 13.2. The summed E-state index contributed by atoms with van der Waals surface area (Å²) in [6, 6.07) is 17.7. The molecule has 0 spiro atoms. The molecule has 0 aromatic heterocycles. The highest BCUT2D eigenvalue weighted by Crippen LogP contribution is 2.43. The SMILES string of the molecule is Cc1cc(SC2C(=O)CC(CCc3ccc(O)cc3)(CCc3ccc(O)cc3)OC2=O)c(C(C)(C)C)cc1OCCO. The van der Waals surface area contributed by atoms with Gasteiger partial charge in [0.15, 0.2) is 11.0 Å². The number of aryl methyl sites for hydroxylation is 3. The number of carbonyl (C=O) groups excluding carboxylic acids is 2. The van der Waals surface area contributed by atoms with Gasteiger partial charge in [-0.05, 0) is 96.7 Å². The number of carbonyl (C=O) groups is 2. The van der Waals surface area contributed by atoms with Crippen molar-refractivity contribution in [1.82, 2.24) is 0 Å². The number of hydrogen-bond donors (Lipinski definition) is 3. The van der Waals surface area contributed by atoms with E-state index in [4.69, 9.17) is 9.47 Å². The van der Waals surface area contributed by atoms with Gasteiger partial charge in [-0.3, -0.25) is 9.59 Å². The van der Waals surface area contributed by atoms with E-state index in [1.807, 2.05) is 43.3 Å². The Labute approximate surface area is 251 Å². The lowest BCUT2D eigenvalue weighted by Gasteiger charge is -2.39. The Morgan fingerprint density at radius 2 is 1.48 bits per heavy atom. The van der Waals surface area contributed by atoms with Gasteiger partial charge in [-0.1, -0.05) is 45.0 Å². The lowest BCUT2D eigenvalue weighted by Crippen LogP contribution is -2.49. The minimum atomic E-state index is -0.981. The minimum absolute atomic E-state index is 0.0928. The quantitative estimate of drug-likeness (QED) is 0.182. The van der Waals surface area contributed by atoms with Crippen LogP contribution in [0.1, 0.15) is 62.3 Å². The van der Waals surface area contributed by atoms with Gasteiger partial charge in [0.2, 0.25) is 0 Å². The number of esters is 1. The molecule has 3 aromatic carbocycles. The summed E-state index contributed by atoms with van der Waals surface area (Å²) in [4.78, 5) is 28.2. The topological polar surface area (TPSA) is 113 Å². The van der Waals surface area contributed by atoms with Gasteiger partial charge in [0.1, 0.15) is 29.5 Å². The summed E-state index contributed by atoms with van der Waals surface area (Å²) in [5.41, 5.74) is 2.51. The highest BCUT2D eigenvalue weighted by atomic mass is 32.2. The van der Waals surface area contributed by atoms with E-state index >= 15 is 0 Å². The number of phenols is 2. The number of aliphatic hydroxyl groups is 1. The van der Waals surface area contributed by atoms with Gasteiger partial charge in [-0.25, -0.2) is 0 Å². The fraction of sp³-hybridized carbons (Fsp3) is 0.412. The lowest BCUT2D eigenvalue weighted by molar-refractivity contribution is -0.171. The van der Waals surface area contributed by atoms with E-state index in [2.05, 4.69) is 20.8 Å². The molecule has 1 aliphatic rings. The molecule has 0 amide bonds. The number of hydrogen-bond acceptors (Lipinski definition) is 8. The first-order valence-electron chi connectivity index (χ1n) is 14.3. The third-order valence-electron chi connectivity index (χ3n) is 7.61. The Bertz CT molecular complexity index is 1320. The summed E-state index contributed by atoms with van der Waals surface area (Å²) in [6.07, 6.45) is 2.20. The van der Waals surface area contributed by atoms with Crippen LogP contribution in [0.4, 0.5) is 0 Å². The second kappa shape index (κ2) is 13.2. The van der Waals surface area contributed by atoms with Gasteiger partial charge in [-0.2, -0.15) is 0 Å². The van der Waals surface area contributed by atoms with Gasteiger partial charge >= 0.3 is 5.97 Å². The number of ether oxygens (including phenoxy) is 2. The molecule has 224 valence electrons. The molecule has 0 radical (unpaired) electrons. The zero-order valence-corrected chi connectivity index (χ0v) is 25.5. The monoisotopic (exact) mass is 592 g/mol. The maximum absolute atomic E-state index is 13.8. The summed E-state index contributed by atoms with van der Waals surface area (Å²) in [5.74, 6) is 0.325. The van der Waals surface area contributed by atoms with Crippen LogP contribution in [0.15, 0.2) is 65.6 Å². The first kappa shape index (κ1) is 31.4. The fourth-order valence-electron chi connectivity index (χ4n) is 5.22. The molecule has 3 N–H and O–H groups in total. The molecule has 3 aromatic rings. The molecule has 1 heterocycles. The fourth-order valence-corrected chi connectivity index (χ4v) is 6.57. The van der Waals surface area contributed by atoms with Gasteiger partial charge in [0.05, 0.1) is 6.61 Å². The number of Topliss-reactive ketones (excluding diaryl/α,β-unsaturated/α-hetero) is 1. The molecule has 7 nitrogen and oxygen atoms in total. The highest BCUT2D eigenvalue weighted by molar-refractivity contribution is 8.01. The Hall–Kier alpha value is -3.49. The Morgan fingerprint density at radius 1 is 0.929 bits per heavy atom. The second-order valence-electron chi connectivity index (χ2n) is 12.0. The van der Waals surface area contributed by atoms with Crippen LogP contribution in [-0.2, 0) is 32.6 Å². The summed E-state index contributed by atoms with van der Waals surface area (Å²) in [6.45, 7) is 8.19. The Balaban J connectivity index is 1.58. The first-order valence-corrected chi connectivity index (χ1v) is 15.1. The van der Waals surface area contributed by atoms with Crippen molar-refractivity contribution in [1.29, 1.82) is 0 Å². The van der Waals surface area contributed by atoms with Crippen LogP contribution in [0.25, 0.3) is 0 Å². The standard InChI is InChI=1S/C34H40O7S/c1-22-19-30(27(33(2,3)4)20-29(22)40-18-17-35)42-31-28(38)21-34(41-32(31)39,15-13-23-5-9-25(36)10-6-23)16-14-24-7-11-26(37)12-8-24/h5-12,19-20,31,35-37H,13-18,21H2,1-4H3. The zero-order valence-electron chi connectivity index (χ0n) is 24.7. The summed E-state index contributed by atoms with van der Waals surface area (Å²) in [7, 11) is 0. The Kier molecular flexibility index (Phi) is 9.89. The van der Waals surface area contributed by atoms with Crippen molar-refractivity contribution in [3.8, 4) is 17.2 Å². The largest absolute Gasteiger partial charge is 0.508 e. The lowest BCUT2D eigenvalue weighted by atomic mass is 9.82. The average molecular weight is 593 g/mol. The van der Waals surface area contributed by atoms with Crippen molar-refractivity contribution in [2.75, 3.05) is 13.2 Å². The number of ketones is 1. The van der Waals surface area contributed by atoms with Gasteiger partial charge < -0.3 is 24.8 Å². The molecule has 8 heteroatoms. The van der Waals surface area contributed by atoms with Crippen LogP contribution >= 0.6 is 11.8 Å². The number of aromatic hydroxyl groups is 2. The number of thioether (sulfide) groups is 1. The van der Waals surface area contributed by atoms with Crippen molar-refractivity contribution in [3.63, 3.8) is 0 Å². The number of aliphatic hydroxyl groups excluding tert-OH is 1. The van der Waals surface area contributed by atoms with Crippen LogP contribution in [0.3, 0.4) is 0 Å². The van der Waals surface area contributed by atoms with Gasteiger partial charge in [0.25, 0.3) is 0 Å². The van der Waals surface area contributed by atoms with E-state index in [0.29, 0.717) is 31.4 Å². The van der Waals surface area contributed by atoms with E-state index in [-0.39, 0.29) is 42.3 Å². The molecule has 1 saturated heterocycles.